The summed E-state index contributed by atoms with van der Waals surface area (Å²) in [5, 5.41) is 0.500. The van der Waals surface area contributed by atoms with Gasteiger partial charge >= 0.3 is 0 Å². The van der Waals surface area contributed by atoms with E-state index in [1.165, 1.54) is 22.0 Å². The predicted octanol–water partition coefficient (Wildman–Crippen LogP) is 4.48. The molecule has 0 N–H and O–H groups in total. The van der Waals surface area contributed by atoms with Crippen molar-refractivity contribution in [1.82, 2.24) is 4.31 Å². The van der Waals surface area contributed by atoms with Crippen LogP contribution in [-0.4, -0.2) is 37.8 Å². The molecule has 0 saturated carbocycles. The SMILES string of the molecule is C[C@@H]1Cc2cc(Br)ccc2N1C(=O)C1CCN(S(=O)(=O)c2ccc(Cl)cc2)CC1. The van der Waals surface area contributed by atoms with Crippen LogP contribution in [0.25, 0.3) is 0 Å². The van der Waals surface area contributed by atoms with Crippen LogP contribution in [0.15, 0.2) is 51.8 Å². The average molecular weight is 498 g/mol. The number of piperidine rings is 1. The van der Waals surface area contributed by atoms with Crippen LogP contribution in [0.5, 0.6) is 0 Å². The minimum absolute atomic E-state index is 0.0992. The molecule has 8 heteroatoms. The number of hydrogen-bond acceptors (Lipinski definition) is 3. The third-order valence-corrected chi connectivity index (χ3v) is 8.41. The molecule has 0 aromatic heterocycles. The summed E-state index contributed by atoms with van der Waals surface area (Å²) in [6.45, 7) is 2.75. The summed E-state index contributed by atoms with van der Waals surface area (Å²) in [4.78, 5) is 15.4. The van der Waals surface area contributed by atoms with Crippen LogP contribution in [-0.2, 0) is 21.2 Å². The lowest BCUT2D eigenvalue weighted by Gasteiger charge is -2.34. The fraction of sp³-hybridized carbons (Fsp3) is 0.381. The minimum Gasteiger partial charge on any atom is -0.309 e. The van der Waals surface area contributed by atoms with Gasteiger partial charge in [-0.05, 0) is 74.2 Å². The molecule has 0 aliphatic carbocycles. The van der Waals surface area contributed by atoms with E-state index in [0.29, 0.717) is 31.0 Å². The summed E-state index contributed by atoms with van der Waals surface area (Å²) >= 11 is 9.36. The Morgan fingerprint density at radius 3 is 2.41 bits per heavy atom. The highest BCUT2D eigenvalue weighted by atomic mass is 79.9. The summed E-state index contributed by atoms with van der Waals surface area (Å²) in [6, 6.07) is 12.3. The van der Waals surface area contributed by atoms with Crippen molar-refractivity contribution in [2.45, 2.75) is 37.1 Å². The molecule has 2 heterocycles. The Morgan fingerprint density at radius 2 is 1.76 bits per heavy atom. The molecule has 1 saturated heterocycles. The van der Waals surface area contributed by atoms with E-state index in [2.05, 4.69) is 28.9 Å². The summed E-state index contributed by atoms with van der Waals surface area (Å²) in [7, 11) is -3.57. The van der Waals surface area contributed by atoms with Gasteiger partial charge in [-0.25, -0.2) is 8.42 Å². The zero-order valence-electron chi connectivity index (χ0n) is 16.0. The van der Waals surface area contributed by atoms with Gasteiger partial charge < -0.3 is 4.90 Å². The topological polar surface area (TPSA) is 57.7 Å². The maximum absolute atomic E-state index is 13.3. The highest BCUT2D eigenvalue weighted by molar-refractivity contribution is 9.10. The Balaban J connectivity index is 1.46. The van der Waals surface area contributed by atoms with Gasteiger partial charge in [0.25, 0.3) is 0 Å². The molecular formula is C21H22BrClN2O3S. The molecule has 2 aromatic carbocycles. The lowest BCUT2D eigenvalue weighted by Crippen LogP contribution is -2.46. The molecule has 0 radical (unpaired) electrons. The molecule has 1 atom stereocenters. The number of carbonyl (C=O) groups is 1. The second kappa shape index (κ2) is 8.02. The number of amides is 1. The molecule has 1 amide bonds. The van der Waals surface area contributed by atoms with Crippen molar-refractivity contribution in [3.63, 3.8) is 0 Å². The van der Waals surface area contributed by atoms with Gasteiger partial charge in [0, 0.05) is 40.2 Å². The number of anilines is 1. The van der Waals surface area contributed by atoms with Crippen LogP contribution < -0.4 is 4.90 Å². The summed E-state index contributed by atoms with van der Waals surface area (Å²) in [5.74, 6) is -0.0640. The normalized spacial score (nSPS) is 20.7. The smallest absolute Gasteiger partial charge is 0.243 e. The van der Waals surface area contributed by atoms with Gasteiger partial charge in [-0.15, -0.1) is 0 Å². The van der Waals surface area contributed by atoms with Gasteiger partial charge in [-0.3, -0.25) is 4.79 Å². The number of benzene rings is 2. The molecule has 29 heavy (non-hydrogen) atoms. The number of halogens is 2. The Labute approximate surface area is 184 Å². The zero-order chi connectivity index (χ0) is 20.8. The van der Waals surface area contributed by atoms with Crippen molar-refractivity contribution in [1.29, 1.82) is 0 Å². The van der Waals surface area contributed by atoms with Gasteiger partial charge in [0.2, 0.25) is 15.9 Å². The molecule has 5 nitrogen and oxygen atoms in total. The van der Waals surface area contributed by atoms with E-state index in [-0.39, 0.29) is 22.8 Å². The number of fused-ring (bicyclic) bond motifs is 1. The summed E-state index contributed by atoms with van der Waals surface area (Å²) < 4.78 is 28.2. The van der Waals surface area contributed by atoms with Gasteiger partial charge in [0.15, 0.2) is 0 Å². The Morgan fingerprint density at radius 1 is 1.10 bits per heavy atom. The van der Waals surface area contributed by atoms with Crippen molar-refractivity contribution in [2.24, 2.45) is 5.92 Å². The Bertz CT molecular complexity index is 1030. The highest BCUT2D eigenvalue weighted by Crippen LogP contribution is 2.36. The van der Waals surface area contributed by atoms with Crippen molar-refractivity contribution in [3.8, 4) is 0 Å². The third-order valence-electron chi connectivity index (χ3n) is 5.75. The van der Waals surface area contributed by atoms with Crippen LogP contribution in [0.2, 0.25) is 5.02 Å². The van der Waals surface area contributed by atoms with E-state index in [0.717, 1.165) is 16.6 Å². The lowest BCUT2D eigenvalue weighted by molar-refractivity contribution is -0.123. The Kier molecular flexibility index (Phi) is 5.77. The second-order valence-electron chi connectivity index (χ2n) is 7.67. The standard InChI is InChI=1S/C21H22BrClN2O3S/c1-14-12-16-13-17(22)2-7-20(16)25(14)21(26)15-8-10-24(11-9-15)29(27,28)19-5-3-18(23)4-6-19/h2-7,13-15H,8-12H2,1H3/t14-/m1/s1. The number of nitrogens with zero attached hydrogens (tertiary/aromatic N) is 2. The van der Waals surface area contributed by atoms with E-state index in [1.807, 2.05) is 17.0 Å². The van der Waals surface area contributed by atoms with Gasteiger partial charge in [-0.1, -0.05) is 27.5 Å². The molecule has 2 aromatic rings. The van der Waals surface area contributed by atoms with E-state index in [1.54, 1.807) is 12.1 Å². The predicted molar refractivity (Wildman–Crippen MR) is 118 cm³/mol. The quantitative estimate of drug-likeness (QED) is 0.628. The monoisotopic (exact) mass is 496 g/mol. The first-order valence-corrected chi connectivity index (χ1v) is 12.3. The molecule has 0 unspecified atom stereocenters. The first-order chi connectivity index (χ1) is 13.8. The van der Waals surface area contributed by atoms with Crippen LogP contribution in [0, 0.1) is 5.92 Å². The molecule has 4 rings (SSSR count). The summed E-state index contributed by atoms with van der Waals surface area (Å²) in [5.41, 5.74) is 2.14. The molecule has 154 valence electrons. The Hall–Kier alpha value is -1.41. The maximum Gasteiger partial charge on any atom is 0.243 e. The highest BCUT2D eigenvalue weighted by Gasteiger charge is 2.38. The van der Waals surface area contributed by atoms with Crippen LogP contribution in [0.4, 0.5) is 5.69 Å². The average Bonchev–Trinajstić information content (AvgIpc) is 3.02. The fourth-order valence-corrected chi connectivity index (χ4v) is 6.24. The van der Waals surface area contributed by atoms with Crippen LogP contribution >= 0.6 is 27.5 Å². The van der Waals surface area contributed by atoms with Gasteiger partial charge in [0.05, 0.1) is 4.90 Å². The minimum atomic E-state index is -3.57. The number of hydrogen-bond donors (Lipinski definition) is 0. The largest absolute Gasteiger partial charge is 0.309 e. The number of carbonyl (C=O) groups excluding carboxylic acids is 1. The van der Waals surface area contributed by atoms with Crippen molar-refractivity contribution < 1.29 is 13.2 Å². The molecule has 0 bridgehead atoms. The van der Waals surface area contributed by atoms with Crippen molar-refractivity contribution in [2.75, 3.05) is 18.0 Å². The second-order valence-corrected chi connectivity index (χ2v) is 11.0. The molecule has 0 spiro atoms. The van der Waals surface area contributed by atoms with E-state index < -0.39 is 10.0 Å². The van der Waals surface area contributed by atoms with E-state index >= 15 is 0 Å². The fourth-order valence-electron chi connectivity index (χ4n) is 4.23. The van der Waals surface area contributed by atoms with Gasteiger partial charge in [0.1, 0.15) is 0 Å². The number of rotatable bonds is 3. The van der Waals surface area contributed by atoms with Crippen molar-refractivity contribution in [3.05, 3.63) is 57.5 Å². The number of sulfonamides is 1. The van der Waals surface area contributed by atoms with E-state index in [9.17, 15) is 13.2 Å². The molecule has 2 aliphatic rings. The van der Waals surface area contributed by atoms with Crippen LogP contribution in [0.1, 0.15) is 25.3 Å². The molecule has 1 fully saturated rings. The maximum atomic E-state index is 13.3. The van der Waals surface area contributed by atoms with E-state index in [4.69, 9.17) is 11.6 Å². The first-order valence-electron chi connectivity index (χ1n) is 9.64. The third kappa shape index (κ3) is 3.98. The molecular weight excluding hydrogens is 476 g/mol. The van der Waals surface area contributed by atoms with Crippen LogP contribution in [0.3, 0.4) is 0 Å². The first kappa shape index (κ1) is 20.8. The summed E-state index contributed by atoms with van der Waals surface area (Å²) in [6.07, 6.45) is 1.89. The van der Waals surface area contributed by atoms with Gasteiger partial charge in [-0.2, -0.15) is 4.31 Å². The van der Waals surface area contributed by atoms with Crippen molar-refractivity contribution >= 4 is 49.1 Å². The molecule has 2 aliphatic heterocycles. The lowest BCUT2D eigenvalue weighted by atomic mass is 9.96. The zero-order valence-corrected chi connectivity index (χ0v) is 19.2.